The van der Waals surface area contributed by atoms with Crippen LogP contribution in [0.3, 0.4) is 0 Å². The minimum atomic E-state index is -6.09. The van der Waals surface area contributed by atoms with Crippen molar-refractivity contribution >= 4 is 20.2 Å². The van der Waals surface area contributed by atoms with Crippen molar-refractivity contribution < 1.29 is 51.5 Å². The topological polar surface area (TPSA) is 86.7 Å². The van der Waals surface area contributed by atoms with E-state index in [0.29, 0.717) is 18.2 Å². The van der Waals surface area contributed by atoms with Crippen LogP contribution in [0.15, 0.2) is 48.5 Å². The molecule has 0 aliphatic heterocycles. The highest BCUT2D eigenvalue weighted by molar-refractivity contribution is 7.88. The molecule has 0 spiro atoms. The monoisotopic (exact) mass is 450 g/mol. The van der Waals surface area contributed by atoms with Crippen LogP contribution in [0.25, 0.3) is 11.1 Å². The van der Waals surface area contributed by atoms with E-state index >= 15 is 0 Å². The zero-order valence-corrected chi connectivity index (χ0v) is 14.8. The Bertz CT molecular complexity index is 1060. The minimum Gasteiger partial charge on any atom is -0.376 e. The van der Waals surface area contributed by atoms with Gasteiger partial charge in [0.25, 0.3) is 0 Å². The summed E-state index contributed by atoms with van der Waals surface area (Å²) < 4.78 is 127. The SMILES string of the molecule is O=S(=O)(Oc1ccc(OS(=O)(=O)C(F)(F)F)c(-c2ccccc2)c1)C(F)(F)F. The molecule has 0 amide bonds. The molecule has 0 atom stereocenters. The van der Waals surface area contributed by atoms with Crippen LogP contribution in [-0.4, -0.2) is 27.9 Å². The van der Waals surface area contributed by atoms with E-state index in [4.69, 9.17) is 0 Å². The van der Waals surface area contributed by atoms with Crippen LogP contribution >= 0.6 is 0 Å². The lowest BCUT2D eigenvalue weighted by Gasteiger charge is -2.15. The average Bonchev–Trinajstić information content (AvgIpc) is 2.54. The largest absolute Gasteiger partial charge is 0.534 e. The highest BCUT2D eigenvalue weighted by Crippen LogP contribution is 2.38. The van der Waals surface area contributed by atoms with E-state index in [9.17, 15) is 43.2 Å². The molecule has 154 valence electrons. The summed E-state index contributed by atoms with van der Waals surface area (Å²) in [6.07, 6.45) is 0. The van der Waals surface area contributed by atoms with Gasteiger partial charge in [-0.25, -0.2) is 0 Å². The molecule has 0 saturated carbocycles. The Morgan fingerprint density at radius 2 is 1.18 bits per heavy atom. The molecule has 0 fully saturated rings. The van der Waals surface area contributed by atoms with Crippen LogP contribution in [0.5, 0.6) is 11.5 Å². The van der Waals surface area contributed by atoms with Gasteiger partial charge in [-0.1, -0.05) is 30.3 Å². The second-order valence-corrected chi connectivity index (χ2v) is 8.07. The van der Waals surface area contributed by atoms with Crippen molar-refractivity contribution in [3.05, 3.63) is 48.5 Å². The van der Waals surface area contributed by atoms with Gasteiger partial charge in [0, 0.05) is 5.56 Å². The summed E-state index contributed by atoms with van der Waals surface area (Å²) in [6.45, 7) is 0. The molecule has 6 nitrogen and oxygen atoms in total. The molecule has 0 aromatic heterocycles. The zero-order valence-electron chi connectivity index (χ0n) is 13.2. The van der Waals surface area contributed by atoms with Gasteiger partial charge in [0.05, 0.1) is 0 Å². The Morgan fingerprint density at radius 3 is 1.68 bits per heavy atom. The summed E-state index contributed by atoms with van der Waals surface area (Å²) in [6, 6.07) is 8.44. The zero-order chi connectivity index (χ0) is 21.4. The summed E-state index contributed by atoms with van der Waals surface area (Å²) in [5.74, 6) is -1.83. The van der Waals surface area contributed by atoms with Crippen LogP contribution in [-0.2, 0) is 20.2 Å². The van der Waals surface area contributed by atoms with Crippen LogP contribution in [0, 0.1) is 0 Å². The quantitative estimate of drug-likeness (QED) is 0.391. The maximum atomic E-state index is 12.5. The second kappa shape index (κ2) is 7.16. The van der Waals surface area contributed by atoms with Gasteiger partial charge < -0.3 is 8.37 Å². The predicted molar refractivity (Wildman–Crippen MR) is 83.1 cm³/mol. The fraction of sp³-hybridized carbons (Fsp3) is 0.143. The van der Waals surface area contributed by atoms with E-state index in [2.05, 4.69) is 8.37 Å². The molecule has 0 bridgehead atoms. The van der Waals surface area contributed by atoms with Crippen molar-refractivity contribution in [3.8, 4) is 22.6 Å². The molecule has 0 radical (unpaired) electrons. The van der Waals surface area contributed by atoms with Gasteiger partial charge in [0.2, 0.25) is 0 Å². The summed E-state index contributed by atoms with van der Waals surface area (Å²) in [5, 5.41) is 0. The fourth-order valence-corrected chi connectivity index (χ4v) is 2.74. The average molecular weight is 450 g/mol. The smallest absolute Gasteiger partial charge is 0.376 e. The van der Waals surface area contributed by atoms with Gasteiger partial charge in [0.15, 0.2) is 5.75 Å². The van der Waals surface area contributed by atoms with Gasteiger partial charge in [-0.3, -0.25) is 0 Å². The van der Waals surface area contributed by atoms with Crippen LogP contribution in [0.1, 0.15) is 0 Å². The Labute approximate surface area is 154 Å². The molecule has 0 N–H and O–H groups in total. The van der Waals surface area contributed by atoms with Crippen LogP contribution in [0.2, 0.25) is 0 Å². The molecule has 2 rings (SSSR count). The molecule has 0 aliphatic carbocycles. The first kappa shape index (κ1) is 21.8. The molecule has 14 heteroatoms. The van der Waals surface area contributed by atoms with E-state index in [1.807, 2.05) is 0 Å². The number of rotatable bonds is 5. The molecule has 2 aromatic rings. The highest BCUT2D eigenvalue weighted by atomic mass is 32.2. The molecule has 0 unspecified atom stereocenters. The normalized spacial score (nSPS) is 13.2. The van der Waals surface area contributed by atoms with Crippen LogP contribution in [0.4, 0.5) is 26.3 Å². The van der Waals surface area contributed by atoms with E-state index in [1.54, 1.807) is 0 Å². The second-order valence-electron chi connectivity index (χ2n) is 4.99. The summed E-state index contributed by atoms with van der Waals surface area (Å²) in [5.41, 5.74) is -12.0. The lowest BCUT2D eigenvalue weighted by molar-refractivity contribution is -0.0505. The summed E-state index contributed by atoms with van der Waals surface area (Å²) in [7, 11) is -12.2. The number of alkyl halides is 6. The van der Waals surface area contributed by atoms with Crippen molar-refractivity contribution in [2.75, 3.05) is 0 Å². The first-order valence-electron chi connectivity index (χ1n) is 6.85. The molecule has 0 heterocycles. The molecule has 0 saturated heterocycles. The first-order valence-corrected chi connectivity index (χ1v) is 9.67. The van der Waals surface area contributed by atoms with E-state index in [-0.39, 0.29) is 5.56 Å². The summed E-state index contributed by atoms with van der Waals surface area (Å²) in [4.78, 5) is 0. The van der Waals surface area contributed by atoms with Gasteiger partial charge >= 0.3 is 31.3 Å². The van der Waals surface area contributed by atoms with Crippen LogP contribution < -0.4 is 8.37 Å². The number of halogens is 6. The minimum absolute atomic E-state index is 0.0183. The van der Waals surface area contributed by atoms with E-state index in [1.165, 1.54) is 30.3 Å². The third-order valence-corrected chi connectivity index (χ3v) is 4.95. The van der Waals surface area contributed by atoms with Gasteiger partial charge in [-0.2, -0.15) is 43.2 Å². The van der Waals surface area contributed by atoms with Gasteiger partial charge in [-0.05, 0) is 23.8 Å². The lowest BCUT2D eigenvalue weighted by atomic mass is 10.0. The van der Waals surface area contributed by atoms with E-state index < -0.39 is 48.3 Å². The first-order chi connectivity index (χ1) is 12.6. The number of hydrogen-bond acceptors (Lipinski definition) is 6. The molecule has 2 aromatic carbocycles. The van der Waals surface area contributed by atoms with E-state index in [0.717, 1.165) is 0 Å². The van der Waals surface area contributed by atoms with Crippen molar-refractivity contribution in [2.24, 2.45) is 0 Å². The Hall–Kier alpha value is -2.48. The standard InChI is InChI=1S/C14H8F6O6S2/c15-13(16,17)27(21,22)25-10-6-7-12(26-28(23,24)14(18,19)20)11(8-10)9-4-2-1-3-5-9/h1-8H. The lowest BCUT2D eigenvalue weighted by Crippen LogP contribution is -2.28. The fourth-order valence-electron chi connectivity index (χ4n) is 1.82. The third-order valence-electron chi connectivity index (χ3n) is 3.01. The Kier molecular flexibility index (Phi) is 5.58. The molecular formula is C14H8F6O6S2. The maximum Gasteiger partial charge on any atom is 0.534 e. The van der Waals surface area contributed by atoms with Crippen molar-refractivity contribution in [2.45, 2.75) is 11.0 Å². The third kappa shape index (κ3) is 4.67. The highest BCUT2D eigenvalue weighted by Gasteiger charge is 2.50. The molecular weight excluding hydrogens is 442 g/mol. The maximum absolute atomic E-state index is 12.5. The Balaban J connectivity index is 2.57. The summed E-state index contributed by atoms with van der Waals surface area (Å²) >= 11 is 0. The van der Waals surface area contributed by atoms with Crippen molar-refractivity contribution in [1.29, 1.82) is 0 Å². The van der Waals surface area contributed by atoms with Gasteiger partial charge in [-0.15, -0.1) is 0 Å². The van der Waals surface area contributed by atoms with Crippen molar-refractivity contribution in [1.82, 2.24) is 0 Å². The molecule has 28 heavy (non-hydrogen) atoms. The number of benzene rings is 2. The number of hydrogen-bond donors (Lipinski definition) is 0. The predicted octanol–water partition coefficient (Wildman–Crippen LogP) is 3.81. The molecule has 0 aliphatic rings. The van der Waals surface area contributed by atoms with Gasteiger partial charge in [0.1, 0.15) is 5.75 Å². The van der Waals surface area contributed by atoms with Crippen molar-refractivity contribution in [3.63, 3.8) is 0 Å². The Morgan fingerprint density at radius 1 is 0.679 bits per heavy atom.